The maximum Gasteiger partial charge on any atom is 0.243 e. The average Bonchev–Trinajstić information content (AvgIpc) is 2.74. The monoisotopic (exact) mass is 486 g/mol. The van der Waals surface area contributed by atoms with Crippen molar-refractivity contribution in [2.75, 3.05) is 50.8 Å². The molecule has 2 heterocycles. The van der Waals surface area contributed by atoms with Gasteiger partial charge in [-0.2, -0.15) is 4.31 Å². The molecule has 1 amide bonds. The molecule has 9 nitrogen and oxygen atoms in total. The third-order valence-electron chi connectivity index (χ3n) is 6.04. The number of hydrogen-bond donors (Lipinski definition) is 2. The number of nitrogens with zero attached hydrogens (tertiary/aromatic N) is 2. The summed E-state index contributed by atoms with van der Waals surface area (Å²) in [7, 11) is -6.81. The number of piperidine rings is 2. The van der Waals surface area contributed by atoms with Gasteiger partial charge in [-0.3, -0.25) is 9.69 Å². The largest absolute Gasteiger partial charge is 0.325 e. The number of likely N-dealkylation sites (tertiary alicyclic amines) is 1. The zero-order chi connectivity index (χ0) is 23.4. The van der Waals surface area contributed by atoms with Gasteiger partial charge in [0.05, 0.1) is 17.7 Å². The smallest absolute Gasteiger partial charge is 0.243 e. The molecule has 1 unspecified atom stereocenters. The topological polar surface area (TPSA) is 116 Å². The van der Waals surface area contributed by atoms with E-state index in [4.69, 9.17) is 0 Å². The standard InChI is InChI=1S/C21H34N4O5S2/c1-17-8-9-19(32(29,30)25-11-4-3-5-12-25)13-20(17)23-21(26)16-24-10-6-7-18(15-24)14-22-31(2,27)28/h8-9,13,18,22H,3-7,10-12,14-16H2,1-2H3,(H,23,26). The van der Waals surface area contributed by atoms with Crippen LogP contribution in [0.25, 0.3) is 0 Å². The molecule has 0 saturated carbocycles. The van der Waals surface area contributed by atoms with Crippen LogP contribution in [0, 0.1) is 12.8 Å². The van der Waals surface area contributed by atoms with Gasteiger partial charge in [0.25, 0.3) is 0 Å². The van der Waals surface area contributed by atoms with Crippen molar-refractivity contribution in [3.05, 3.63) is 23.8 Å². The number of aryl methyl sites for hydroxylation is 1. The molecule has 180 valence electrons. The Kier molecular flexibility index (Phi) is 8.31. The van der Waals surface area contributed by atoms with Crippen molar-refractivity contribution in [3.63, 3.8) is 0 Å². The highest BCUT2D eigenvalue weighted by Crippen LogP contribution is 2.25. The van der Waals surface area contributed by atoms with Crippen LogP contribution in [0.4, 0.5) is 5.69 Å². The van der Waals surface area contributed by atoms with Crippen molar-refractivity contribution in [1.29, 1.82) is 0 Å². The van der Waals surface area contributed by atoms with Crippen LogP contribution in [-0.4, -0.2) is 77.5 Å². The molecule has 1 aromatic carbocycles. The summed E-state index contributed by atoms with van der Waals surface area (Å²) in [5.74, 6) is -0.0524. The van der Waals surface area contributed by atoms with Crippen molar-refractivity contribution in [2.24, 2.45) is 5.92 Å². The highest BCUT2D eigenvalue weighted by atomic mass is 32.2. The Morgan fingerprint density at radius 2 is 1.78 bits per heavy atom. The third kappa shape index (κ3) is 6.98. The van der Waals surface area contributed by atoms with Gasteiger partial charge in [-0.1, -0.05) is 12.5 Å². The number of amides is 1. The van der Waals surface area contributed by atoms with Gasteiger partial charge < -0.3 is 5.32 Å². The van der Waals surface area contributed by atoms with Crippen molar-refractivity contribution in [3.8, 4) is 0 Å². The number of carbonyl (C=O) groups is 1. The minimum atomic E-state index is -3.57. The maximum atomic E-state index is 13.0. The van der Waals surface area contributed by atoms with Crippen molar-refractivity contribution in [2.45, 2.75) is 43.9 Å². The predicted molar refractivity (Wildman–Crippen MR) is 124 cm³/mol. The van der Waals surface area contributed by atoms with Crippen molar-refractivity contribution >= 4 is 31.6 Å². The molecule has 0 aromatic heterocycles. The Hall–Kier alpha value is -1.53. The molecule has 0 aliphatic carbocycles. The summed E-state index contributed by atoms with van der Waals surface area (Å²) >= 11 is 0. The van der Waals surface area contributed by atoms with Gasteiger partial charge in [0.15, 0.2) is 0 Å². The molecule has 1 aromatic rings. The van der Waals surface area contributed by atoms with Crippen LogP contribution in [0.3, 0.4) is 0 Å². The first-order chi connectivity index (χ1) is 15.0. The normalized spacial score (nSPS) is 21.4. The van der Waals surface area contributed by atoms with E-state index in [1.165, 1.54) is 4.31 Å². The fourth-order valence-corrected chi connectivity index (χ4v) is 6.36. The Balaban J connectivity index is 1.61. The Morgan fingerprint density at radius 1 is 1.06 bits per heavy atom. The van der Waals surface area contributed by atoms with Crippen LogP contribution < -0.4 is 10.0 Å². The number of rotatable bonds is 8. The summed E-state index contributed by atoms with van der Waals surface area (Å²) in [6.07, 6.45) is 5.73. The minimum Gasteiger partial charge on any atom is -0.325 e. The van der Waals surface area contributed by atoms with Gasteiger partial charge in [-0.05, 0) is 62.8 Å². The molecule has 3 rings (SSSR count). The number of sulfonamides is 2. The van der Waals surface area contributed by atoms with Crippen LogP contribution >= 0.6 is 0 Å². The predicted octanol–water partition coefficient (Wildman–Crippen LogP) is 1.37. The highest BCUT2D eigenvalue weighted by Gasteiger charge is 2.27. The second-order valence-corrected chi connectivity index (χ2v) is 12.6. The first kappa shape index (κ1) is 25.1. The summed E-state index contributed by atoms with van der Waals surface area (Å²) < 4.78 is 52.7. The van der Waals surface area contributed by atoms with Crippen LogP contribution in [0.2, 0.25) is 0 Å². The molecular weight excluding hydrogens is 452 g/mol. The summed E-state index contributed by atoms with van der Waals surface area (Å²) in [4.78, 5) is 14.9. The second kappa shape index (κ2) is 10.6. The molecule has 2 saturated heterocycles. The molecule has 2 aliphatic heterocycles. The van der Waals surface area contributed by atoms with Crippen LogP contribution in [0.5, 0.6) is 0 Å². The zero-order valence-electron chi connectivity index (χ0n) is 18.8. The molecule has 32 heavy (non-hydrogen) atoms. The van der Waals surface area contributed by atoms with E-state index in [2.05, 4.69) is 10.0 Å². The van der Waals surface area contributed by atoms with Crippen molar-refractivity contribution in [1.82, 2.24) is 13.9 Å². The fraction of sp³-hybridized carbons (Fsp3) is 0.667. The zero-order valence-corrected chi connectivity index (χ0v) is 20.5. The van der Waals surface area contributed by atoms with E-state index < -0.39 is 20.0 Å². The molecular formula is C21H34N4O5S2. The summed E-state index contributed by atoms with van der Waals surface area (Å²) in [6.45, 7) is 4.85. The van der Waals surface area contributed by atoms with Gasteiger partial charge in [0.2, 0.25) is 26.0 Å². The average molecular weight is 487 g/mol. The van der Waals surface area contributed by atoms with Crippen LogP contribution in [0.15, 0.2) is 23.1 Å². The van der Waals surface area contributed by atoms with Gasteiger partial charge in [0, 0.05) is 31.9 Å². The van der Waals surface area contributed by atoms with Crippen molar-refractivity contribution < 1.29 is 21.6 Å². The van der Waals surface area contributed by atoms with Crippen LogP contribution in [0.1, 0.15) is 37.7 Å². The summed E-state index contributed by atoms with van der Waals surface area (Å²) in [5, 5.41) is 2.87. The lowest BCUT2D eigenvalue weighted by Gasteiger charge is -2.32. The van der Waals surface area contributed by atoms with E-state index in [0.717, 1.165) is 50.5 Å². The Morgan fingerprint density at radius 3 is 2.47 bits per heavy atom. The van der Waals surface area contributed by atoms with Gasteiger partial charge in [0.1, 0.15) is 0 Å². The molecule has 11 heteroatoms. The number of benzene rings is 1. The lowest BCUT2D eigenvalue weighted by atomic mass is 9.98. The molecule has 0 radical (unpaired) electrons. The maximum absolute atomic E-state index is 13.0. The lowest BCUT2D eigenvalue weighted by molar-refractivity contribution is -0.117. The molecule has 1 atom stereocenters. The van der Waals surface area contributed by atoms with E-state index in [0.29, 0.717) is 31.9 Å². The lowest BCUT2D eigenvalue weighted by Crippen LogP contribution is -2.43. The Bertz CT molecular complexity index is 1020. The van der Waals surface area contributed by atoms with E-state index in [1.807, 2.05) is 11.8 Å². The van der Waals surface area contributed by atoms with E-state index in [9.17, 15) is 21.6 Å². The Labute approximate surface area is 191 Å². The molecule has 0 spiro atoms. The molecule has 2 N–H and O–H groups in total. The number of anilines is 1. The van der Waals surface area contributed by atoms with Gasteiger partial charge >= 0.3 is 0 Å². The highest BCUT2D eigenvalue weighted by molar-refractivity contribution is 7.89. The number of hydrogen-bond acceptors (Lipinski definition) is 6. The number of carbonyl (C=O) groups excluding carboxylic acids is 1. The van der Waals surface area contributed by atoms with Gasteiger partial charge in [-0.25, -0.2) is 21.6 Å². The summed E-state index contributed by atoms with van der Waals surface area (Å²) in [6, 6.07) is 4.87. The molecule has 2 fully saturated rings. The first-order valence-electron chi connectivity index (χ1n) is 11.1. The van der Waals surface area contributed by atoms with E-state index in [-0.39, 0.29) is 23.3 Å². The van der Waals surface area contributed by atoms with Crippen LogP contribution in [-0.2, 0) is 24.8 Å². The first-order valence-corrected chi connectivity index (χ1v) is 14.5. The van der Waals surface area contributed by atoms with Gasteiger partial charge in [-0.15, -0.1) is 0 Å². The molecule has 0 bridgehead atoms. The van der Waals surface area contributed by atoms with E-state index >= 15 is 0 Å². The fourth-order valence-electron chi connectivity index (χ4n) is 4.27. The quantitative estimate of drug-likeness (QED) is 0.573. The minimum absolute atomic E-state index is 0.158. The molecule has 2 aliphatic rings. The SMILES string of the molecule is Cc1ccc(S(=O)(=O)N2CCCCC2)cc1NC(=O)CN1CCCC(CNS(C)(=O)=O)C1. The third-order valence-corrected chi connectivity index (χ3v) is 8.63. The summed E-state index contributed by atoms with van der Waals surface area (Å²) in [5.41, 5.74) is 1.30. The second-order valence-electron chi connectivity index (χ2n) is 8.85. The number of nitrogens with one attached hydrogen (secondary N) is 2. The van der Waals surface area contributed by atoms with E-state index in [1.54, 1.807) is 18.2 Å².